The molecule has 2 fully saturated rings. The molecule has 1 amide bonds. The van der Waals surface area contributed by atoms with E-state index in [1.807, 2.05) is 12.1 Å². The number of hydrogen-bond donors (Lipinski definition) is 1. The molecule has 1 N–H and O–H groups in total. The Bertz CT molecular complexity index is 834. The first-order valence-electron chi connectivity index (χ1n) is 9.07. The molecule has 0 spiro atoms. The Morgan fingerprint density at radius 2 is 2.11 bits per heavy atom. The van der Waals surface area contributed by atoms with E-state index in [9.17, 15) is 9.59 Å². The van der Waals surface area contributed by atoms with Gasteiger partial charge in [-0.3, -0.25) is 4.79 Å². The summed E-state index contributed by atoms with van der Waals surface area (Å²) in [6.45, 7) is 1.46. The number of ether oxygens (including phenoxy) is 1. The van der Waals surface area contributed by atoms with Crippen molar-refractivity contribution in [2.75, 3.05) is 30.4 Å². The van der Waals surface area contributed by atoms with Crippen LogP contribution in [0.4, 0.5) is 10.9 Å². The van der Waals surface area contributed by atoms with Gasteiger partial charge in [-0.1, -0.05) is 0 Å². The molecule has 1 aliphatic heterocycles. The zero-order chi connectivity index (χ0) is 18.8. The summed E-state index contributed by atoms with van der Waals surface area (Å²) in [5.41, 5.74) is 1.27. The number of rotatable bonds is 5. The topological polar surface area (TPSA) is 97.3 Å². The molecule has 3 heterocycles. The maximum absolute atomic E-state index is 12.6. The molecule has 142 valence electrons. The van der Waals surface area contributed by atoms with Crippen LogP contribution in [0.3, 0.4) is 0 Å². The Morgan fingerprint density at radius 3 is 2.81 bits per heavy atom. The van der Waals surface area contributed by atoms with Crippen molar-refractivity contribution in [1.29, 1.82) is 0 Å². The van der Waals surface area contributed by atoms with Gasteiger partial charge in [-0.25, -0.2) is 9.78 Å². The number of hydrogen-bond acceptors (Lipinski definition) is 8. The second kappa shape index (κ2) is 7.59. The summed E-state index contributed by atoms with van der Waals surface area (Å²) in [7, 11) is 1.30. The Balaban J connectivity index is 1.37. The molecule has 1 saturated carbocycles. The Hall–Kier alpha value is -2.55. The molecule has 9 heteroatoms. The molecule has 0 unspecified atom stereocenters. The van der Waals surface area contributed by atoms with Gasteiger partial charge in [0.1, 0.15) is 0 Å². The number of carbonyl (C=O) groups excluding carboxylic acids is 2. The third-order valence-electron chi connectivity index (χ3n) is 4.91. The largest absolute Gasteiger partial charge is 0.464 e. The normalized spacial score (nSPS) is 19.6. The molecule has 2 aromatic heterocycles. The van der Waals surface area contributed by atoms with Gasteiger partial charge in [0, 0.05) is 24.4 Å². The first-order chi connectivity index (χ1) is 13.1. The Labute approximate surface area is 161 Å². The van der Waals surface area contributed by atoms with E-state index >= 15 is 0 Å². The number of methoxy groups -OCH3 is 1. The van der Waals surface area contributed by atoms with Crippen molar-refractivity contribution in [2.45, 2.75) is 31.6 Å². The van der Waals surface area contributed by atoms with Crippen LogP contribution in [-0.2, 0) is 9.53 Å². The van der Waals surface area contributed by atoms with Crippen LogP contribution in [0.25, 0.3) is 0 Å². The van der Waals surface area contributed by atoms with Crippen molar-refractivity contribution < 1.29 is 14.3 Å². The van der Waals surface area contributed by atoms with Crippen LogP contribution in [0.5, 0.6) is 0 Å². The predicted molar refractivity (Wildman–Crippen MR) is 101 cm³/mol. The molecule has 2 aliphatic rings. The van der Waals surface area contributed by atoms with E-state index in [-0.39, 0.29) is 17.5 Å². The van der Waals surface area contributed by atoms with Gasteiger partial charge in [-0.15, -0.1) is 16.4 Å². The fraction of sp³-hybridized carbons (Fsp3) is 0.500. The smallest absolute Gasteiger partial charge is 0.357 e. The minimum atomic E-state index is -0.510. The number of thiazole rings is 1. The minimum absolute atomic E-state index is 0.0898. The summed E-state index contributed by atoms with van der Waals surface area (Å²) in [4.78, 5) is 30.3. The molecule has 0 aromatic carbocycles. The van der Waals surface area contributed by atoms with Crippen molar-refractivity contribution in [2.24, 2.45) is 5.92 Å². The van der Waals surface area contributed by atoms with Gasteiger partial charge in [0.15, 0.2) is 16.6 Å². The molecule has 4 rings (SSSR count). The number of carbonyl (C=O) groups is 2. The molecule has 0 radical (unpaired) electrons. The van der Waals surface area contributed by atoms with Crippen LogP contribution in [-0.4, -0.2) is 47.3 Å². The molecule has 1 aliphatic carbocycles. The zero-order valence-electron chi connectivity index (χ0n) is 15.1. The van der Waals surface area contributed by atoms with Gasteiger partial charge < -0.3 is 15.0 Å². The second-order valence-electron chi connectivity index (χ2n) is 6.89. The molecule has 8 nitrogen and oxygen atoms in total. The van der Waals surface area contributed by atoms with Crippen molar-refractivity contribution in [1.82, 2.24) is 15.2 Å². The van der Waals surface area contributed by atoms with Crippen molar-refractivity contribution >= 4 is 34.2 Å². The highest BCUT2D eigenvalue weighted by atomic mass is 32.1. The van der Waals surface area contributed by atoms with E-state index in [0.717, 1.165) is 30.9 Å². The zero-order valence-corrected chi connectivity index (χ0v) is 15.9. The van der Waals surface area contributed by atoms with Crippen LogP contribution in [0.15, 0.2) is 17.5 Å². The van der Waals surface area contributed by atoms with E-state index in [2.05, 4.69) is 30.1 Å². The molecule has 1 saturated heterocycles. The van der Waals surface area contributed by atoms with Gasteiger partial charge in [-0.2, -0.15) is 5.10 Å². The summed E-state index contributed by atoms with van der Waals surface area (Å²) in [6, 6.07) is 4.05. The van der Waals surface area contributed by atoms with Gasteiger partial charge >= 0.3 is 5.97 Å². The van der Waals surface area contributed by atoms with Crippen LogP contribution in [0.2, 0.25) is 0 Å². The molecular formula is C18H21N5O3S. The highest BCUT2D eigenvalue weighted by Gasteiger charge is 2.29. The fourth-order valence-corrected chi connectivity index (χ4v) is 3.92. The quantitative estimate of drug-likeness (QED) is 0.787. The summed E-state index contributed by atoms with van der Waals surface area (Å²) in [5.74, 6) is 0.643. The monoisotopic (exact) mass is 387 g/mol. The summed E-state index contributed by atoms with van der Waals surface area (Å²) in [5, 5.41) is 13.5. The molecule has 0 bridgehead atoms. The van der Waals surface area contributed by atoms with Gasteiger partial charge in [0.2, 0.25) is 5.91 Å². The van der Waals surface area contributed by atoms with Crippen LogP contribution < -0.4 is 10.2 Å². The van der Waals surface area contributed by atoms with Crippen LogP contribution >= 0.6 is 11.3 Å². The highest BCUT2D eigenvalue weighted by molar-refractivity contribution is 7.14. The van der Waals surface area contributed by atoms with Crippen molar-refractivity contribution in [3.63, 3.8) is 0 Å². The van der Waals surface area contributed by atoms with Gasteiger partial charge in [0.05, 0.1) is 18.7 Å². The van der Waals surface area contributed by atoms with Gasteiger partial charge in [0.25, 0.3) is 0 Å². The number of nitrogens with one attached hydrogen (secondary N) is 1. The lowest BCUT2D eigenvalue weighted by molar-refractivity contribution is -0.120. The molecule has 27 heavy (non-hydrogen) atoms. The van der Waals surface area contributed by atoms with E-state index in [0.29, 0.717) is 17.6 Å². The van der Waals surface area contributed by atoms with Crippen molar-refractivity contribution in [3.05, 3.63) is 28.9 Å². The lowest BCUT2D eigenvalue weighted by atomic mass is 9.97. The number of piperidine rings is 1. The molecule has 1 atom stereocenters. The molecule has 2 aromatic rings. The SMILES string of the molecule is COC(=O)c1csc(NC(=O)[C@@H]2CCCN(c3ccc(C4CC4)nn3)C2)n1. The van der Waals surface area contributed by atoms with Crippen molar-refractivity contribution in [3.8, 4) is 0 Å². The fourth-order valence-electron chi connectivity index (χ4n) is 3.24. The summed E-state index contributed by atoms with van der Waals surface area (Å²) >= 11 is 1.21. The lowest BCUT2D eigenvalue weighted by Crippen LogP contribution is -2.41. The number of anilines is 2. The number of aromatic nitrogens is 3. The first-order valence-corrected chi connectivity index (χ1v) is 9.95. The van der Waals surface area contributed by atoms with Gasteiger partial charge in [-0.05, 0) is 37.8 Å². The Morgan fingerprint density at radius 1 is 1.26 bits per heavy atom. The van der Waals surface area contributed by atoms with E-state index < -0.39 is 5.97 Å². The summed E-state index contributed by atoms with van der Waals surface area (Å²) < 4.78 is 4.63. The highest BCUT2D eigenvalue weighted by Crippen LogP contribution is 2.38. The lowest BCUT2D eigenvalue weighted by Gasteiger charge is -2.32. The molecular weight excluding hydrogens is 366 g/mol. The average molecular weight is 387 g/mol. The second-order valence-corrected chi connectivity index (χ2v) is 7.75. The number of amides is 1. The van der Waals surface area contributed by atoms with E-state index in [1.165, 1.54) is 31.3 Å². The van der Waals surface area contributed by atoms with E-state index in [4.69, 9.17) is 0 Å². The Kier molecular flexibility index (Phi) is 5.02. The third-order valence-corrected chi connectivity index (χ3v) is 5.67. The standard InChI is InChI=1S/C18H21N5O3S/c1-26-17(25)14-10-27-18(19-14)20-16(24)12-3-2-8-23(9-12)15-7-6-13(21-22-15)11-4-5-11/h6-7,10-12H,2-5,8-9H2,1H3,(H,19,20,24)/t12-/m1/s1. The van der Waals surface area contributed by atoms with E-state index in [1.54, 1.807) is 5.38 Å². The average Bonchev–Trinajstić information content (AvgIpc) is 3.46. The number of esters is 1. The maximum atomic E-state index is 12.6. The maximum Gasteiger partial charge on any atom is 0.357 e. The van der Waals surface area contributed by atoms with Crippen LogP contribution in [0, 0.1) is 5.92 Å². The first kappa shape index (κ1) is 17.8. The number of nitrogens with zero attached hydrogens (tertiary/aromatic N) is 4. The van der Waals surface area contributed by atoms with Crippen LogP contribution in [0.1, 0.15) is 47.8 Å². The minimum Gasteiger partial charge on any atom is -0.464 e. The third kappa shape index (κ3) is 4.08. The summed E-state index contributed by atoms with van der Waals surface area (Å²) in [6.07, 6.45) is 4.13. The predicted octanol–water partition coefficient (Wildman–Crippen LogP) is 2.45.